The molecule has 0 spiro atoms. The molecule has 0 fully saturated rings. The van der Waals surface area contributed by atoms with Crippen molar-refractivity contribution in [1.29, 1.82) is 0 Å². The van der Waals surface area contributed by atoms with Crippen LogP contribution in [0.3, 0.4) is 0 Å². The molecule has 0 amide bonds. The van der Waals surface area contributed by atoms with Crippen LogP contribution in [-0.2, 0) is 16.6 Å². The van der Waals surface area contributed by atoms with Crippen LogP contribution in [0.2, 0.25) is 4.47 Å². The molecule has 0 atom stereocenters. The normalized spacial score (nSPS) is 11.3. The summed E-state index contributed by atoms with van der Waals surface area (Å²) in [7, 11) is -3.64. The Morgan fingerprint density at radius 1 is 1.12 bits per heavy atom. The van der Waals surface area contributed by atoms with Gasteiger partial charge in [-0.05, 0) is 55.3 Å². The zero-order valence-corrected chi connectivity index (χ0v) is 16.7. The fraction of sp³-hybridized carbons (Fsp3) is 0.167. The predicted molar refractivity (Wildman–Crippen MR) is 108 cm³/mol. The average molecular weight is 408 g/mol. The summed E-state index contributed by atoms with van der Waals surface area (Å²) in [5.41, 5.74) is 3.28. The average Bonchev–Trinajstić information content (AvgIpc) is 3.02. The van der Waals surface area contributed by atoms with E-state index in [4.69, 9.17) is 11.6 Å². The van der Waals surface area contributed by atoms with Crippen LogP contribution in [0.5, 0.6) is 0 Å². The van der Waals surface area contributed by atoms with E-state index in [9.17, 15) is 8.42 Å². The quantitative estimate of drug-likeness (QED) is 0.614. The van der Waals surface area contributed by atoms with Crippen LogP contribution in [0.15, 0.2) is 53.6 Å². The zero-order valence-electron chi connectivity index (χ0n) is 14.3. The summed E-state index contributed by atoms with van der Waals surface area (Å²) in [6.45, 7) is 4.38. The van der Waals surface area contributed by atoms with E-state index in [0.717, 1.165) is 21.7 Å². The molecule has 0 saturated carbocycles. The smallest absolute Gasteiger partial charge is 0.261 e. The van der Waals surface area contributed by atoms with Crippen molar-refractivity contribution in [3.05, 3.63) is 69.1 Å². The molecule has 0 bridgehead atoms. The number of hydrogen-bond acceptors (Lipinski definition) is 5. The van der Waals surface area contributed by atoms with Gasteiger partial charge in [-0.1, -0.05) is 23.7 Å². The molecule has 136 valence electrons. The Labute approximate surface area is 162 Å². The highest BCUT2D eigenvalue weighted by Crippen LogP contribution is 2.23. The van der Waals surface area contributed by atoms with Crippen LogP contribution in [-0.4, -0.2) is 13.4 Å². The van der Waals surface area contributed by atoms with Crippen molar-refractivity contribution in [1.82, 2.24) is 4.98 Å². The summed E-state index contributed by atoms with van der Waals surface area (Å²) in [5, 5.41) is 3.22. The fourth-order valence-corrected chi connectivity index (χ4v) is 4.40. The third-order valence-electron chi connectivity index (χ3n) is 3.79. The maximum atomic E-state index is 12.6. The predicted octanol–water partition coefficient (Wildman–Crippen LogP) is 4.83. The molecule has 0 unspecified atom stereocenters. The first-order valence-electron chi connectivity index (χ1n) is 7.88. The van der Waals surface area contributed by atoms with Crippen LogP contribution in [0.1, 0.15) is 16.0 Å². The van der Waals surface area contributed by atoms with Crippen molar-refractivity contribution in [2.45, 2.75) is 25.3 Å². The summed E-state index contributed by atoms with van der Waals surface area (Å²) in [6, 6.07) is 12.3. The van der Waals surface area contributed by atoms with Crippen LogP contribution in [0, 0.1) is 13.8 Å². The summed E-state index contributed by atoms with van der Waals surface area (Å²) < 4.78 is 28.4. The van der Waals surface area contributed by atoms with Gasteiger partial charge in [-0.25, -0.2) is 13.4 Å². The van der Waals surface area contributed by atoms with Crippen LogP contribution < -0.4 is 10.0 Å². The summed E-state index contributed by atoms with van der Waals surface area (Å²) in [5.74, 6) is 0. The topological polar surface area (TPSA) is 71.1 Å². The maximum absolute atomic E-state index is 12.6. The molecule has 0 saturated heterocycles. The van der Waals surface area contributed by atoms with Crippen molar-refractivity contribution in [3.63, 3.8) is 0 Å². The Morgan fingerprint density at radius 2 is 1.85 bits per heavy atom. The molecule has 0 radical (unpaired) electrons. The maximum Gasteiger partial charge on any atom is 0.261 e. The van der Waals surface area contributed by atoms with Gasteiger partial charge < -0.3 is 5.32 Å². The number of benzene rings is 2. The molecule has 1 heterocycles. The number of anilines is 2. The Morgan fingerprint density at radius 3 is 2.50 bits per heavy atom. The molecule has 5 nitrogen and oxygen atoms in total. The van der Waals surface area contributed by atoms with E-state index >= 15 is 0 Å². The van der Waals surface area contributed by atoms with Gasteiger partial charge in [0.15, 0.2) is 4.47 Å². The largest absolute Gasteiger partial charge is 0.380 e. The minimum Gasteiger partial charge on any atom is -0.380 e. The molecule has 8 heteroatoms. The fourth-order valence-electron chi connectivity index (χ4n) is 2.36. The number of thiazole rings is 1. The van der Waals surface area contributed by atoms with Crippen molar-refractivity contribution < 1.29 is 8.42 Å². The van der Waals surface area contributed by atoms with E-state index in [1.807, 2.05) is 32.0 Å². The number of nitrogens with zero attached hydrogens (tertiary/aromatic N) is 1. The molecule has 2 aromatic carbocycles. The van der Waals surface area contributed by atoms with Gasteiger partial charge >= 0.3 is 0 Å². The van der Waals surface area contributed by atoms with E-state index in [-0.39, 0.29) is 4.90 Å². The molecule has 2 N–H and O–H groups in total. The highest BCUT2D eigenvalue weighted by Gasteiger charge is 2.15. The number of aryl methyl sites for hydroxylation is 2. The third kappa shape index (κ3) is 4.55. The van der Waals surface area contributed by atoms with Gasteiger partial charge in [-0.3, -0.25) is 4.72 Å². The van der Waals surface area contributed by atoms with E-state index in [0.29, 0.717) is 16.7 Å². The molecular formula is C18H18ClN3O2S2. The highest BCUT2D eigenvalue weighted by molar-refractivity contribution is 7.92. The van der Waals surface area contributed by atoms with Gasteiger partial charge in [-0.2, -0.15) is 0 Å². The standard InChI is InChI=1S/C18H18ClN3O2S2/c1-12-3-4-13(2)17(9-12)22-26(23,24)16-7-5-14(6-8-16)20-10-15-11-21-18(19)25-15/h3-9,11,20,22H,10H2,1-2H3. The van der Waals surface area contributed by atoms with Gasteiger partial charge in [0.2, 0.25) is 0 Å². The highest BCUT2D eigenvalue weighted by atomic mass is 35.5. The van der Waals surface area contributed by atoms with Crippen molar-refractivity contribution in [2.24, 2.45) is 0 Å². The molecule has 0 aliphatic carbocycles. The van der Waals surface area contributed by atoms with Crippen molar-refractivity contribution in [3.8, 4) is 0 Å². The first-order chi connectivity index (χ1) is 12.3. The van der Waals surface area contributed by atoms with Crippen molar-refractivity contribution >= 4 is 44.3 Å². The minimum atomic E-state index is -3.64. The Hall–Kier alpha value is -2.09. The first-order valence-corrected chi connectivity index (χ1v) is 10.6. The second-order valence-electron chi connectivity index (χ2n) is 5.88. The van der Waals surface area contributed by atoms with Gasteiger partial charge in [-0.15, -0.1) is 11.3 Å². The second-order valence-corrected chi connectivity index (χ2v) is 9.26. The first kappa shape index (κ1) is 18.7. The van der Waals surface area contributed by atoms with Crippen LogP contribution in [0.25, 0.3) is 0 Å². The monoisotopic (exact) mass is 407 g/mol. The number of hydrogen-bond donors (Lipinski definition) is 2. The van der Waals surface area contributed by atoms with Crippen LogP contribution >= 0.6 is 22.9 Å². The molecular weight excluding hydrogens is 390 g/mol. The molecule has 1 aromatic heterocycles. The lowest BCUT2D eigenvalue weighted by molar-refractivity contribution is 0.601. The SMILES string of the molecule is Cc1ccc(C)c(NS(=O)(=O)c2ccc(NCc3cnc(Cl)s3)cc2)c1. The minimum absolute atomic E-state index is 0.213. The van der Waals surface area contributed by atoms with Gasteiger partial charge in [0, 0.05) is 16.8 Å². The number of halogens is 1. The van der Waals surface area contributed by atoms with E-state index in [1.54, 1.807) is 30.5 Å². The Balaban J connectivity index is 1.71. The third-order valence-corrected chi connectivity index (χ3v) is 6.29. The zero-order chi connectivity index (χ0) is 18.7. The molecule has 3 aromatic rings. The van der Waals surface area contributed by atoms with Gasteiger partial charge in [0.1, 0.15) is 0 Å². The lowest BCUT2D eigenvalue weighted by atomic mass is 10.1. The van der Waals surface area contributed by atoms with Gasteiger partial charge in [0.25, 0.3) is 10.0 Å². The molecule has 26 heavy (non-hydrogen) atoms. The summed E-state index contributed by atoms with van der Waals surface area (Å²) >= 11 is 7.21. The second kappa shape index (κ2) is 7.65. The van der Waals surface area contributed by atoms with E-state index in [1.165, 1.54) is 11.3 Å². The summed E-state index contributed by atoms with van der Waals surface area (Å²) in [4.78, 5) is 5.20. The van der Waals surface area contributed by atoms with Crippen molar-refractivity contribution in [2.75, 3.05) is 10.0 Å². The summed E-state index contributed by atoms with van der Waals surface area (Å²) in [6.07, 6.45) is 1.72. The molecule has 0 aliphatic heterocycles. The lowest BCUT2D eigenvalue weighted by Crippen LogP contribution is -2.14. The van der Waals surface area contributed by atoms with E-state index in [2.05, 4.69) is 15.0 Å². The van der Waals surface area contributed by atoms with E-state index < -0.39 is 10.0 Å². The Bertz CT molecular complexity index is 1020. The molecule has 0 aliphatic rings. The number of aromatic nitrogens is 1. The van der Waals surface area contributed by atoms with Crippen LogP contribution in [0.4, 0.5) is 11.4 Å². The number of nitrogens with one attached hydrogen (secondary N) is 2. The lowest BCUT2D eigenvalue weighted by Gasteiger charge is -2.12. The number of sulfonamides is 1. The van der Waals surface area contributed by atoms with Gasteiger partial charge in [0.05, 0.1) is 17.1 Å². The molecule has 3 rings (SSSR count). The number of rotatable bonds is 6. The Kier molecular flexibility index (Phi) is 5.50.